The van der Waals surface area contributed by atoms with Gasteiger partial charge >= 0.3 is 6.09 Å². The van der Waals surface area contributed by atoms with Gasteiger partial charge in [0, 0.05) is 10.9 Å². The molecule has 2 aromatic heterocycles. The van der Waals surface area contributed by atoms with E-state index in [0.717, 1.165) is 5.56 Å². The maximum absolute atomic E-state index is 11.5. The monoisotopic (exact) mass is 313 g/mol. The van der Waals surface area contributed by atoms with Crippen LogP contribution in [0.25, 0.3) is 0 Å². The summed E-state index contributed by atoms with van der Waals surface area (Å²) in [5.41, 5.74) is 2.89. The maximum Gasteiger partial charge on any atom is 0.413 e. The third kappa shape index (κ3) is 4.30. The number of hydrogen-bond acceptors (Lipinski definition) is 7. The zero-order valence-electron chi connectivity index (χ0n) is 10.2. The molecule has 0 fully saturated rings. The number of carbonyl (C=O) groups is 2. The summed E-state index contributed by atoms with van der Waals surface area (Å²) >= 11 is 2.70. The third-order valence-electron chi connectivity index (χ3n) is 2.18. The minimum atomic E-state index is -0.608. The van der Waals surface area contributed by atoms with Gasteiger partial charge in [-0.1, -0.05) is 0 Å². The number of hydrogen-bond donors (Lipinski definition) is 3. The zero-order chi connectivity index (χ0) is 14.4. The van der Waals surface area contributed by atoms with Crippen LogP contribution in [0.1, 0.15) is 11.3 Å². The van der Waals surface area contributed by atoms with Crippen molar-refractivity contribution in [3.63, 3.8) is 0 Å². The van der Waals surface area contributed by atoms with Gasteiger partial charge in [0.15, 0.2) is 5.13 Å². The van der Waals surface area contributed by atoms with Crippen LogP contribution in [-0.4, -0.2) is 22.2 Å². The highest BCUT2D eigenvalue weighted by Gasteiger charge is 2.10. The molecule has 0 bridgehead atoms. The Morgan fingerprint density at radius 1 is 1.40 bits per heavy atom. The van der Waals surface area contributed by atoms with E-state index in [1.54, 1.807) is 5.38 Å². The van der Waals surface area contributed by atoms with Crippen molar-refractivity contribution >= 4 is 39.8 Å². The molecular formula is C11H11N3O4S2. The molecule has 0 saturated heterocycles. The van der Waals surface area contributed by atoms with Gasteiger partial charge in [-0.25, -0.2) is 15.3 Å². The summed E-state index contributed by atoms with van der Waals surface area (Å²) in [5.74, 6) is -0.568. The Hall–Kier alpha value is -1.97. The number of ether oxygens (including phenoxy) is 1. The first-order chi connectivity index (χ1) is 9.67. The summed E-state index contributed by atoms with van der Waals surface area (Å²) in [6.45, 7) is 0.195. The number of carbonyl (C=O) groups excluding carboxylic acids is 2. The molecule has 0 atom stereocenters. The van der Waals surface area contributed by atoms with Crippen LogP contribution < -0.4 is 10.8 Å². The van der Waals surface area contributed by atoms with Crippen molar-refractivity contribution in [2.75, 3.05) is 5.32 Å². The van der Waals surface area contributed by atoms with Crippen molar-refractivity contribution in [2.24, 2.45) is 0 Å². The van der Waals surface area contributed by atoms with Crippen LogP contribution in [0.3, 0.4) is 0 Å². The number of amides is 2. The fourth-order valence-corrected chi connectivity index (χ4v) is 2.65. The standard InChI is InChI=1S/C11H11N3O4S2/c15-9(14-17)3-8-6-20-10(12-8)13-11(16)18-4-7-1-2-19-5-7/h1-2,5-6,17H,3-4H2,(H,14,15)(H,12,13,16). The Balaban J connectivity index is 1.80. The van der Waals surface area contributed by atoms with Crippen molar-refractivity contribution in [3.05, 3.63) is 33.5 Å². The molecule has 2 rings (SSSR count). The zero-order valence-corrected chi connectivity index (χ0v) is 11.8. The first-order valence-electron chi connectivity index (χ1n) is 5.49. The van der Waals surface area contributed by atoms with E-state index >= 15 is 0 Å². The number of thiophene rings is 1. The van der Waals surface area contributed by atoms with Crippen LogP contribution in [0.2, 0.25) is 0 Å². The Morgan fingerprint density at radius 2 is 2.25 bits per heavy atom. The third-order valence-corrected chi connectivity index (χ3v) is 3.72. The molecular weight excluding hydrogens is 302 g/mol. The Kier molecular flexibility index (Phi) is 5.04. The Labute approximate surface area is 122 Å². The molecule has 0 radical (unpaired) electrons. The second kappa shape index (κ2) is 6.98. The highest BCUT2D eigenvalue weighted by molar-refractivity contribution is 7.13. The number of rotatable bonds is 5. The molecule has 3 N–H and O–H groups in total. The molecule has 0 aromatic carbocycles. The quantitative estimate of drug-likeness (QED) is 0.579. The molecule has 0 aliphatic heterocycles. The highest BCUT2D eigenvalue weighted by Crippen LogP contribution is 2.16. The molecule has 106 valence electrons. The van der Waals surface area contributed by atoms with Crippen LogP contribution in [0.4, 0.5) is 9.93 Å². The lowest BCUT2D eigenvalue weighted by Gasteiger charge is -2.03. The molecule has 2 amide bonds. The van der Waals surface area contributed by atoms with Crippen LogP contribution in [0.5, 0.6) is 0 Å². The lowest BCUT2D eigenvalue weighted by atomic mass is 10.3. The summed E-state index contributed by atoms with van der Waals surface area (Å²) in [4.78, 5) is 26.5. The summed E-state index contributed by atoms with van der Waals surface area (Å²) in [7, 11) is 0. The van der Waals surface area contributed by atoms with E-state index in [0.29, 0.717) is 10.8 Å². The van der Waals surface area contributed by atoms with Crippen molar-refractivity contribution in [3.8, 4) is 0 Å². The fourth-order valence-electron chi connectivity index (χ4n) is 1.30. The molecule has 2 heterocycles. The summed E-state index contributed by atoms with van der Waals surface area (Å²) < 4.78 is 5.01. The van der Waals surface area contributed by atoms with Gasteiger partial charge in [0.2, 0.25) is 5.91 Å². The second-order valence-corrected chi connectivity index (χ2v) is 5.33. The normalized spacial score (nSPS) is 10.1. The van der Waals surface area contributed by atoms with E-state index in [1.165, 1.54) is 28.2 Å². The first-order valence-corrected chi connectivity index (χ1v) is 7.32. The summed E-state index contributed by atoms with van der Waals surface area (Å²) in [6.07, 6.45) is -0.665. The number of hydroxylamine groups is 1. The van der Waals surface area contributed by atoms with Crippen LogP contribution in [0, 0.1) is 0 Å². The largest absolute Gasteiger partial charge is 0.444 e. The number of aromatic nitrogens is 1. The van der Waals surface area contributed by atoms with Gasteiger partial charge in [0.1, 0.15) is 6.61 Å². The molecule has 0 aliphatic carbocycles. The van der Waals surface area contributed by atoms with E-state index in [9.17, 15) is 9.59 Å². The SMILES string of the molecule is O=C(Cc1csc(NC(=O)OCc2ccsc2)n1)NO. The van der Waals surface area contributed by atoms with E-state index in [1.807, 2.05) is 16.8 Å². The lowest BCUT2D eigenvalue weighted by molar-refractivity contribution is -0.128. The number of nitrogens with zero attached hydrogens (tertiary/aromatic N) is 1. The molecule has 0 unspecified atom stereocenters. The number of thiazole rings is 1. The molecule has 9 heteroatoms. The van der Waals surface area contributed by atoms with Crippen LogP contribution in [0.15, 0.2) is 22.2 Å². The van der Waals surface area contributed by atoms with Crippen molar-refractivity contribution in [1.82, 2.24) is 10.5 Å². The predicted molar refractivity (Wildman–Crippen MR) is 73.9 cm³/mol. The van der Waals surface area contributed by atoms with Gasteiger partial charge in [-0.2, -0.15) is 11.3 Å². The smallest absolute Gasteiger partial charge is 0.413 e. The maximum atomic E-state index is 11.5. The summed E-state index contributed by atoms with van der Waals surface area (Å²) in [5, 5.41) is 16.6. The average molecular weight is 313 g/mol. The van der Waals surface area contributed by atoms with Crippen LogP contribution >= 0.6 is 22.7 Å². The Bertz CT molecular complexity index is 582. The molecule has 7 nitrogen and oxygen atoms in total. The fraction of sp³-hybridized carbons (Fsp3) is 0.182. The second-order valence-electron chi connectivity index (χ2n) is 3.69. The highest BCUT2D eigenvalue weighted by atomic mass is 32.1. The van der Waals surface area contributed by atoms with E-state index in [-0.39, 0.29) is 13.0 Å². The van der Waals surface area contributed by atoms with Crippen LogP contribution in [-0.2, 0) is 22.6 Å². The molecule has 0 aliphatic rings. The predicted octanol–water partition coefficient (Wildman–Crippen LogP) is 2.00. The van der Waals surface area contributed by atoms with Gasteiger partial charge < -0.3 is 4.74 Å². The lowest BCUT2D eigenvalue weighted by Crippen LogP contribution is -2.20. The van der Waals surface area contributed by atoms with Crippen molar-refractivity contribution in [1.29, 1.82) is 0 Å². The van der Waals surface area contributed by atoms with Gasteiger partial charge in [0.25, 0.3) is 0 Å². The molecule has 0 saturated carbocycles. The molecule has 20 heavy (non-hydrogen) atoms. The average Bonchev–Trinajstić information content (AvgIpc) is 3.08. The number of nitrogens with one attached hydrogen (secondary N) is 2. The van der Waals surface area contributed by atoms with E-state index in [2.05, 4.69) is 10.3 Å². The first kappa shape index (κ1) is 14.4. The Morgan fingerprint density at radius 3 is 2.95 bits per heavy atom. The minimum Gasteiger partial charge on any atom is -0.444 e. The van der Waals surface area contributed by atoms with Gasteiger partial charge in [0.05, 0.1) is 12.1 Å². The van der Waals surface area contributed by atoms with E-state index < -0.39 is 12.0 Å². The van der Waals surface area contributed by atoms with Crippen molar-refractivity contribution < 1.29 is 19.5 Å². The van der Waals surface area contributed by atoms with Gasteiger partial charge in [-0.05, 0) is 16.8 Å². The minimum absolute atomic E-state index is 0.0569. The van der Waals surface area contributed by atoms with Gasteiger partial charge in [-0.15, -0.1) is 11.3 Å². The topological polar surface area (TPSA) is 101 Å². The number of anilines is 1. The van der Waals surface area contributed by atoms with Gasteiger partial charge in [-0.3, -0.25) is 15.3 Å². The van der Waals surface area contributed by atoms with E-state index in [4.69, 9.17) is 9.94 Å². The van der Waals surface area contributed by atoms with Crippen molar-refractivity contribution in [2.45, 2.75) is 13.0 Å². The summed E-state index contributed by atoms with van der Waals surface area (Å²) in [6, 6.07) is 1.87. The molecule has 2 aromatic rings. The molecule has 0 spiro atoms.